The van der Waals surface area contributed by atoms with Crippen molar-refractivity contribution in [3.63, 3.8) is 0 Å². The van der Waals surface area contributed by atoms with E-state index in [-0.39, 0.29) is 11.8 Å². The summed E-state index contributed by atoms with van der Waals surface area (Å²) in [5, 5.41) is 11.5. The summed E-state index contributed by atoms with van der Waals surface area (Å²) in [6.07, 6.45) is 1.78. The van der Waals surface area contributed by atoms with Crippen molar-refractivity contribution in [2.45, 2.75) is 26.7 Å². The van der Waals surface area contributed by atoms with Gasteiger partial charge in [0.15, 0.2) is 0 Å². The molecule has 3 amide bonds. The molecule has 7 heteroatoms. The van der Waals surface area contributed by atoms with Gasteiger partial charge in [0.1, 0.15) is 0 Å². The minimum absolute atomic E-state index is 0.135. The number of carbonyl (C=O) groups excluding carboxylic acids is 2. The summed E-state index contributed by atoms with van der Waals surface area (Å²) in [5.74, 6) is -2.17. The molecule has 20 heavy (non-hydrogen) atoms. The number of nitrogens with one attached hydrogen (secondary N) is 1. The molecule has 1 aliphatic heterocycles. The van der Waals surface area contributed by atoms with Crippen LogP contribution in [0, 0.1) is 17.8 Å². The number of hydrogen-bond acceptors (Lipinski definition) is 3. The van der Waals surface area contributed by atoms with E-state index in [9.17, 15) is 14.4 Å². The van der Waals surface area contributed by atoms with Gasteiger partial charge in [0.2, 0.25) is 5.91 Å². The number of amides is 3. The normalized spacial score (nSPS) is 21.9. The summed E-state index contributed by atoms with van der Waals surface area (Å²) in [4.78, 5) is 35.6. The van der Waals surface area contributed by atoms with Crippen LogP contribution in [0.15, 0.2) is 0 Å². The molecule has 0 aliphatic carbocycles. The van der Waals surface area contributed by atoms with E-state index in [1.165, 1.54) is 0 Å². The number of hydrogen-bond donors (Lipinski definition) is 3. The Labute approximate surface area is 118 Å². The highest BCUT2D eigenvalue weighted by atomic mass is 16.4. The highest BCUT2D eigenvalue weighted by molar-refractivity contribution is 5.84. The zero-order valence-corrected chi connectivity index (χ0v) is 12.0. The summed E-state index contributed by atoms with van der Waals surface area (Å²) in [6.45, 7) is 4.81. The number of rotatable bonds is 5. The third-order valence-electron chi connectivity index (χ3n) is 3.92. The Hall–Kier alpha value is -1.79. The minimum atomic E-state index is -0.963. The van der Waals surface area contributed by atoms with E-state index < -0.39 is 23.8 Å². The van der Waals surface area contributed by atoms with Crippen LogP contribution in [0.5, 0.6) is 0 Å². The van der Waals surface area contributed by atoms with Crippen LogP contribution in [0.1, 0.15) is 26.7 Å². The molecule has 0 bridgehead atoms. The van der Waals surface area contributed by atoms with Crippen molar-refractivity contribution < 1.29 is 19.5 Å². The number of primary amides is 1. The van der Waals surface area contributed by atoms with Gasteiger partial charge in [-0.15, -0.1) is 0 Å². The first-order chi connectivity index (χ1) is 9.32. The van der Waals surface area contributed by atoms with E-state index in [1.807, 2.05) is 0 Å². The molecular formula is C13H23N3O4. The SMILES string of the molecule is CC(C(=O)O)C(C)C(=O)N1CCCC(CNC(N)=O)C1. The maximum atomic E-state index is 12.3. The largest absolute Gasteiger partial charge is 0.481 e. The number of likely N-dealkylation sites (tertiary alicyclic amines) is 1. The van der Waals surface area contributed by atoms with Crippen LogP contribution in [-0.4, -0.2) is 47.5 Å². The van der Waals surface area contributed by atoms with Crippen LogP contribution >= 0.6 is 0 Å². The standard InChI is InChI=1S/C13H23N3O4/c1-8(9(2)12(18)19)11(17)16-5-3-4-10(7-16)6-15-13(14)20/h8-10H,3-7H2,1-2H3,(H,18,19)(H3,14,15,20). The van der Waals surface area contributed by atoms with Crippen molar-refractivity contribution >= 4 is 17.9 Å². The number of carboxylic acids is 1. The number of aliphatic carboxylic acids is 1. The molecule has 7 nitrogen and oxygen atoms in total. The summed E-state index contributed by atoms with van der Waals surface area (Å²) >= 11 is 0. The van der Waals surface area contributed by atoms with Crippen molar-refractivity contribution in [3.8, 4) is 0 Å². The van der Waals surface area contributed by atoms with Crippen LogP contribution in [0.25, 0.3) is 0 Å². The number of nitrogens with two attached hydrogens (primary N) is 1. The van der Waals surface area contributed by atoms with Gasteiger partial charge in [-0.25, -0.2) is 4.79 Å². The quantitative estimate of drug-likeness (QED) is 0.672. The Morgan fingerprint density at radius 2 is 2.00 bits per heavy atom. The van der Waals surface area contributed by atoms with Crippen molar-refractivity contribution in [1.29, 1.82) is 0 Å². The number of carboxylic acid groups (broad SMARTS) is 1. The van der Waals surface area contributed by atoms with Crippen LogP contribution in [-0.2, 0) is 9.59 Å². The van der Waals surface area contributed by atoms with E-state index in [2.05, 4.69) is 5.32 Å². The predicted octanol–water partition coefficient (Wildman–Crippen LogP) is 0.250. The molecule has 1 aliphatic rings. The fraction of sp³-hybridized carbons (Fsp3) is 0.769. The average Bonchev–Trinajstić information content (AvgIpc) is 2.42. The van der Waals surface area contributed by atoms with Crippen molar-refractivity contribution in [1.82, 2.24) is 10.2 Å². The lowest BCUT2D eigenvalue weighted by atomic mass is 9.92. The van der Waals surface area contributed by atoms with Gasteiger partial charge in [-0.05, 0) is 18.8 Å². The summed E-state index contributed by atoms with van der Waals surface area (Å²) in [5.41, 5.74) is 5.03. The Morgan fingerprint density at radius 3 is 2.55 bits per heavy atom. The molecule has 0 saturated carbocycles. The lowest BCUT2D eigenvalue weighted by molar-refractivity contribution is -0.149. The Bertz CT molecular complexity index is 386. The van der Waals surface area contributed by atoms with Crippen LogP contribution in [0.4, 0.5) is 4.79 Å². The Balaban J connectivity index is 2.55. The highest BCUT2D eigenvalue weighted by Gasteiger charge is 2.32. The second-order valence-electron chi connectivity index (χ2n) is 5.45. The Morgan fingerprint density at radius 1 is 1.35 bits per heavy atom. The van der Waals surface area contributed by atoms with Crippen LogP contribution in [0.3, 0.4) is 0 Å². The third-order valence-corrected chi connectivity index (χ3v) is 3.92. The summed E-state index contributed by atoms with van der Waals surface area (Å²) < 4.78 is 0. The van der Waals surface area contributed by atoms with Crippen molar-refractivity contribution in [3.05, 3.63) is 0 Å². The molecular weight excluding hydrogens is 262 g/mol. The predicted molar refractivity (Wildman–Crippen MR) is 72.9 cm³/mol. The second-order valence-corrected chi connectivity index (χ2v) is 5.45. The van der Waals surface area contributed by atoms with Gasteiger partial charge in [-0.3, -0.25) is 9.59 Å². The minimum Gasteiger partial charge on any atom is -0.481 e. The number of nitrogens with zero attached hydrogens (tertiary/aromatic N) is 1. The van der Waals surface area contributed by atoms with E-state index >= 15 is 0 Å². The average molecular weight is 285 g/mol. The van der Waals surface area contributed by atoms with Crippen molar-refractivity contribution in [2.75, 3.05) is 19.6 Å². The zero-order chi connectivity index (χ0) is 15.3. The molecule has 1 fully saturated rings. The first-order valence-electron chi connectivity index (χ1n) is 6.87. The molecule has 3 atom stereocenters. The zero-order valence-electron chi connectivity index (χ0n) is 12.0. The van der Waals surface area contributed by atoms with Gasteiger partial charge >= 0.3 is 12.0 Å². The fourth-order valence-corrected chi connectivity index (χ4v) is 2.39. The van der Waals surface area contributed by atoms with Gasteiger partial charge < -0.3 is 21.1 Å². The van der Waals surface area contributed by atoms with E-state index in [0.29, 0.717) is 19.6 Å². The molecule has 1 heterocycles. The molecule has 0 aromatic rings. The monoisotopic (exact) mass is 285 g/mol. The third kappa shape index (κ3) is 4.40. The Kier molecular flexibility index (Phi) is 5.79. The molecule has 0 aromatic carbocycles. The molecule has 0 aromatic heterocycles. The maximum absolute atomic E-state index is 12.3. The smallest absolute Gasteiger partial charge is 0.312 e. The molecule has 1 saturated heterocycles. The van der Waals surface area contributed by atoms with Gasteiger partial charge in [0, 0.05) is 25.6 Å². The molecule has 1 rings (SSSR count). The van der Waals surface area contributed by atoms with E-state index in [0.717, 1.165) is 12.8 Å². The molecule has 114 valence electrons. The lowest BCUT2D eigenvalue weighted by Gasteiger charge is -2.35. The van der Waals surface area contributed by atoms with E-state index in [1.54, 1.807) is 18.7 Å². The topological polar surface area (TPSA) is 113 Å². The maximum Gasteiger partial charge on any atom is 0.312 e. The molecule has 0 spiro atoms. The lowest BCUT2D eigenvalue weighted by Crippen LogP contribution is -2.47. The number of piperidine rings is 1. The first kappa shape index (κ1) is 16.3. The van der Waals surface area contributed by atoms with Crippen LogP contribution < -0.4 is 11.1 Å². The van der Waals surface area contributed by atoms with Crippen LogP contribution in [0.2, 0.25) is 0 Å². The fourth-order valence-electron chi connectivity index (χ4n) is 2.39. The molecule has 0 radical (unpaired) electrons. The molecule has 3 unspecified atom stereocenters. The van der Waals surface area contributed by atoms with Gasteiger partial charge in [0.25, 0.3) is 0 Å². The second kappa shape index (κ2) is 7.12. The highest BCUT2D eigenvalue weighted by Crippen LogP contribution is 2.21. The summed E-state index contributed by atoms with van der Waals surface area (Å²) in [7, 11) is 0. The van der Waals surface area contributed by atoms with Crippen molar-refractivity contribution in [2.24, 2.45) is 23.5 Å². The number of carbonyl (C=O) groups is 3. The van der Waals surface area contributed by atoms with Gasteiger partial charge in [-0.1, -0.05) is 13.8 Å². The van der Waals surface area contributed by atoms with E-state index in [4.69, 9.17) is 10.8 Å². The summed E-state index contributed by atoms with van der Waals surface area (Å²) in [6, 6.07) is -0.568. The number of urea groups is 1. The van der Waals surface area contributed by atoms with Gasteiger partial charge in [0.05, 0.1) is 5.92 Å². The van der Waals surface area contributed by atoms with Gasteiger partial charge in [-0.2, -0.15) is 0 Å². The first-order valence-corrected chi connectivity index (χ1v) is 6.87. The molecule has 4 N–H and O–H groups in total.